The number of esters is 1. The Labute approximate surface area is 204 Å². The fourth-order valence-corrected chi connectivity index (χ4v) is 4.72. The molecule has 0 unspecified atom stereocenters. The Bertz CT molecular complexity index is 1440. The van der Waals surface area contributed by atoms with Crippen LogP contribution in [0.15, 0.2) is 58.1 Å². The third-order valence-electron chi connectivity index (χ3n) is 4.78. The van der Waals surface area contributed by atoms with Gasteiger partial charge in [0.05, 0.1) is 25.4 Å². The van der Waals surface area contributed by atoms with Gasteiger partial charge < -0.3 is 14.2 Å². The normalized spacial score (nSPS) is 16.5. The lowest BCUT2D eigenvalue weighted by molar-refractivity contribution is -0.114. The molecule has 1 N–H and O–H groups in total. The maximum Gasteiger partial charge on any atom is 0.343 e. The van der Waals surface area contributed by atoms with Crippen LogP contribution in [0, 0.1) is 5.41 Å². The van der Waals surface area contributed by atoms with Crippen molar-refractivity contribution in [3.63, 3.8) is 0 Å². The van der Waals surface area contributed by atoms with Crippen molar-refractivity contribution in [2.24, 2.45) is 10.1 Å². The summed E-state index contributed by atoms with van der Waals surface area (Å²) in [5.74, 6) is -0.669. The lowest BCUT2D eigenvalue weighted by Gasteiger charge is -2.20. The Hall–Kier alpha value is -3.97. The molecule has 4 rings (SSSR count). The number of ether oxygens (including phenoxy) is 3. The summed E-state index contributed by atoms with van der Waals surface area (Å²) in [5, 5.41) is 13.2. The van der Waals surface area contributed by atoms with Crippen molar-refractivity contribution < 1.29 is 32.2 Å². The summed E-state index contributed by atoms with van der Waals surface area (Å²) in [4.78, 5) is 28.9. The second-order valence-electron chi connectivity index (χ2n) is 7.19. The zero-order valence-electron chi connectivity index (χ0n) is 18.6. The van der Waals surface area contributed by atoms with Gasteiger partial charge in [-0.1, -0.05) is 6.07 Å². The van der Waals surface area contributed by atoms with E-state index >= 15 is 0 Å². The Morgan fingerprint density at radius 2 is 1.80 bits per heavy atom. The van der Waals surface area contributed by atoms with Crippen LogP contribution in [0.3, 0.4) is 0 Å². The number of carbonyl (C=O) groups excluding carboxylic acids is 2. The summed E-state index contributed by atoms with van der Waals surface area (Å²) in [7, 11) is -0.713. The highest BCUT2D eigenvalue weighted by Gasteiger charge is 2.38. The molecule has 0 aliphatic carbocycles. The topological polar surface area (TPSA) is 148 Å². The van der Waals surface area contributed by atoms with Gasteiger partial charge >= 0.3 is 5.97 Å². The first kappa shape index (κ1) is 24.2. The molecule has 0 aromatic heterocycles. The number of amides is 1. The first-order valence-electron chi connectivity index (χ1n) is 9.85. The molecule has 35 heavy (non-hydrogen) atoms. The number of thioether (sulfide) groups is 1. The summed E-state index contributed by atoms with van der Waals surface area (Å²) < 4.78 is 39.1. The molecule has 180 valence electrons. The number of rotatable bonds is 5. The number of hydrogen-bond donors (Lipinski definition) is 1. The largest absolute Gasteiger partial charge is 0.497 e. The van der Waals surface area contributed by atoms with E-state index in [9.17, 15) is 18.0 Å². The Kier molecular flexibility index (Phi) is 6.45. The van der Waals surface area contributed by atoms with Crippen molar-refractivity contribution in [3.05, 3.63) is 59.2 Å². The summed E-state index contributed by atoms with van der Waals surface area (Å²) in [6.45, 7) is 0. The maximum absolute atomic E-state index is 12.5. The monoisotopic (exact) mass is 514 g/mol. The van der Waals surface area contributed by atoms with Crippen LogP contribution in [0.5, 0.6) is 17.2 Å². The van der Waals surface area contributed by atoms with Crippen molar-refractivity contribution >= 4 is 54.9 Å². The number of benzene rings is 2. The first-order valence-corrected chi connectivity index (χ1v) is 12.6. The number of nitrogens with zero attached hydrogens (tertiary/aromatic N) is 3. The van der Waals surface area contributed by atoms with Gasteiger partial charge in [0.2, 0.25) is 19.4 Å². The zero-order chi connectivity index (χ0) is 25.3. The molecule has 0 atom stereocenters. The molecule has 0 radical (unpaired) electrons. The molecule has 2 aliphatic heterocycles. The van der Waals surface area contributed by atoms with Crippen LogP contribution in [-0.4, -0.2) is 61.2 Å². The van der Waals surface area contributed by atoms with Gasteiger partial charge in [0.25, 0.3) is 5.91 Å². The summed E-state index contributed by atoms with van der Waals surface area (Å²) in [5.41, 5.74) is 0.668. The van der Waals surface area contributed by atoms with Crippen LogP contribution >= 0.6 is 11.8 Å². The van der Waals surface area contributed by atoms with Gasteiger partial charge in [0.1, 0.15) is 5.75 Å². The van der Waals surface area contributed by atoms with Crippen LogP contribution in [0.1, 0.15) is 15.9 Å². The second kappa shape index (κ2) is 9.35. The van der Waals surface area contributed by atoms with Crippen LogP contribution in [0.2, 0.25) is 0 Å². The third kappa shape index (κ3) is 4.95. The number of methoxy groups -OCH3 is 2. The van der Waals surface area contributed by atoms with E-state index in [1.165, 1.54) is 32.4 Å². The van der Waals surface area contributed by atoms with Crippen molar-refractivity contribution in [1.29, 1.82) is 5.41 Å². The number of hydrogen-bond acceptors (Lipinski definition) is 10. The van der Waals surface area contributed by atoms with E-state index in [0.29, 0.717) is 28.6 Å². The van der Waals surface area contributed by atoms with Crippen molar-refractivity contribution in [2.75, 3.05) is 20.5 Å². The van der Waals surface area contributed by atoms with E-state index in [0.717, 1.165) is 11.3 Å². The predicted molar refractivity (Wildman–Crippen MR) is 131 cm³/mol. The van der Waals surface area contributed by atoms with E-state index in [1.54, 1.807) is 30.3 Å². The molecule has 2 aliphatic rings. The van der Waals surface area contributed by atoms with Crippen molar-refractivity contribution in [2.45, 2.75) is 0 Å². The van der Waals surface area contributed by atoms with Gasteiger partial charge in [-0.25, -0.2) is 13.2 Å². The number of hydrazone groups is 1. The van der Waals surface area contributed by atoms with Crippen molar-refractivity contribution in [1.82, 2.24) is 5.01 Å². The van der Waals surface area contributed by atoms with Crippen LogP contribution < -0.4 is 14.2 Å². The second-order valence-corrected chi connectivity index (χ2v) is 10.3. The van der Waals surface area contributed by atoms with Gasteiger partial charge in [-0.15, -0.1) is 5.10 Å². The van der Waals surface area contributed by atoms with E-state index in [1.807, 2.05) is 0 Å². The highest BCUT2D eigenvalue weighted by molar-refractivity contribution is 8.42. The molecule has 2 heterocycles. The molecule has 0 bridgehead atoms. The number of nitrogens with one attached hydrogen (secondary N) is 1. The van der Waals surface area contributed by atoms with E-state index < -0.39 is 21.7 Å². The van der Waals surface area contributed by atoms with Gasteiger partial charge in [0, 0.05) is 6.26 Å². The molecule has 13 heteroatoms. The number of aliphatic imine (C=N–C) groups is 1. The molecule has 0 saturated carbocycles. The molecular formula is C22H18N4O7S2. The minimum Gasteiger partial charge on any atom is -0.497 e. The van der Waals surface area contributed by atoms with Gasteiger partial charge in [-0.3, -0.25) is 10.2 Å². The Morgan fingerprint density at radius 3 is 2.43 bits per heavy atom. The standard InChI is InChI=1S/C22H18N4O7S2/c1-31-14-7-5-13(6-8-14)20(28)33-16-9-4-12(11-17(16)32-2)10-15-18(23)26-21(24-19(15)27)34-22(25-26)35(3,29)30/h4-11,23H,1-3H3/b15-10-,23-18?. The molecular weight excluding hydrogens is 496 g/mol. The minimum atomic E-state index is -3.63. The molecule has 0 saturated heterocycles. The zero-order valence-corrected chi connectivity index (χ0v) is 20.3. The number of carbonyl (C=O) groups is 2. The highest BCUT2D eigenvalue weighted by Crippen LogP contribution is 2.32. The SMILES string of the molecule is COc1ccc(C(=O)Oc2ccc(/C=C3/C(=N)N4N=C(S(C)(=O)=O)SC4=NC3=O)cc2OC)cc1. The number of amidine groups is 2. The number of sulfone groups is 1. The predicted octanol–water partition coefficient (Wildman–Crippen LogP) is 2.54. The van der Waals surface area contributed by atoms with E-state index in [2.05, 4.69) is 10.1 Å². The minimum absolute atomic E-state index is 0.00375. The van der Waals surface area contributed by atoms with Crippen LogP contribution in [0.25, 0.3) is 6.08 Å². The van der Waals surface area contributed by atoms with E-state index in [-0.39, 0.29) is 32.5 Å². The molecule has 0 spiro atoms. The fourth-order valence-electron chi connectivity index (χ4n) is 3.04. The summed E-state index contributed by atoms with van der Waals surface area (Å²) in [6.07, 6.45) is 2.37. The maximum atomic E-state index is 12.5. The van der Waals surface area contributed by atoms with Gasteiger partial charge in [0.15, 0.2) is 17.3 Å². The molecule has 11 nitrogen and oxygen atoms in total. The average molecular weight is 515 g/mol. The lowest BCUT2D eigenvalue weighted by Crippen LogP contribution is -2.35. The van der Waals surface area contributed by atoms with Crippen molar-refractivity contribution in [3.8, 4) is 17.2 Å². The summed E-state index contributed by atoms with van der Waals surface area (Å²) in [6, 6.07) is 11.0. The Balaban J connectivity index is 1.59. The van der Waals surface area contributed by atoms with Crippen LogP contribution in [0.4, 0.5) is 0 Å². The quantitative estimate of drug-likeness (QED) is 0.361. The lowest BCUT2D eigenvalue weighted by atomic mass is 10.1. The number of fused-ring (bicyclic) bond motifs is 1. The third-order valence-corrected chi connectivity index (χ3v) is 7.36. The smallest absolute Gasteiger partial charge is 0.343 e. The van der Waals surface area contributed by atoms with E-state index in [4.69, 9.17) is 19.6 Å². The fraction of sp³-hybridized carbons (Fsp3) is 0.136. The molecule has 0 fully saturated rings. The highest BCUT2D eigenvalue weighted by atomic mass is 32.3. The van der Waals surface area contributed by atoms with Gasteiger partial charge in [-0.2, -0.15) is 10.0 Å². The first-order chi connectivity index (χ1) is 16.6. The Morgan fingerprint density at radius 1 is 1.09 bits per heavy atom. The average Bonchev–Trinajstić information content (AvgIpc) is 3.27. The van der Waals surface area contributed by atoms with Crippen LogP contribution in [-0.2, 0) is 14.6 Å². The molecule has 1 amide bonds. The summed E-state index contributed by atoms with van der Waals surface area (Å²) >= 11 is 0.705. The molecule has 2 aromatic rings. The van der Waals surface area contributed by atoms with Gasteiger partial charge in [-0.05, 0) is 59.8 Å². The molecule has 2 aromatic carbocycles.